The molecule has 4 heterocycles. The third-order valence-electron chi connectivity index (χ3n) is 5.13. The van der Waals surface area contributed by atoms with Crippen LogP contribution < -0.4 is 5.32 Å². The molecule has 29 heavy (non-hydrogen) atoms. The Hall–Kier alpha value is -2.94. The van der Waals surface area contributed by atoms with E-state index >= 15 is 4.39 Å². The highest BCUT2D eigenvalue weighted by atomic mass is 19.1. The predicted molar refractivity (Wildman–Crippen MR) is 107 cm³/mol. The summed E-state index contributed by atoms with van der Waals surface area (Å²) in [4.78, 5) is 24.8. The molecule has 0 aromatic carbocycles. The number of fused-ring (bicyclic) bond motifs is 1. The first-order chi connectivity index (χ1) is 13.9. The standard InChI is InChI=1S/C20H24FN7O/c1-14(2)13-27-7-3-20(21,4-8-27)19(29)26-17-9-15-10-18(28-24-5-6-25-28)23-12-16(15)11-22-17/h5-6,9-12,14H,3-4,7-8,13H2,1-2H3,(H,22,26,29). The molecular weight excluding hydrogens is 373 g/mol. The van der Waals surface area contributed by atoms with E-state index in [4.69, 9.17) is 0 Å². The lowest BCUT2D eigenvalue weighted by Crippen LogP contribution is -2.49. The third-order valence-corrected chi connectivity index (χ3v) is 5.13. The van der Waals surface area contributed by atoms with Crippen LogP contribution >= 0.6 is 0 Å². The van der Waals surface area contributed by atoms with Gasteiger partial charge in [-0.2, -0.15) is 10.2 Å². The second-order valence-corrected chi connectivity index (χ2v) is 7.89. The van der Waals surface area contributed by atoms with Crippen molar-refractivity contribution in [2.24, 2.45) is 5.92 Å². The minimum absolute atomic E-state index is 0.193. The fourth-order valence-corrected chi connectivity index (χ4v) is 3.60. The molecule has 0 unspecified atom stereocenters. The van der Waals surface area contributed by atoms with Gasteiger partial charge in [0.05, 0.1) is 12.4 Å². The number of halogens is 1. The Bertz CT molecular complexity index is 997. The van der Waals surface area contributed by atoms with E-state index in [-0.39, 0.29) is 12.8 Å². The number of pyridine rings is 2. The van der Waals surface area contributed by atoms with Crippen LogP contribution in [0.3, 0.4) is 0 Å². The molecule has 152 valence electrons. The molecule has 3 aromatic rings. The van der Waals surface area contributed by atoms with E-state index in [1.54, 1.807) is 36.9 Å². The topological polar surface area (TPSA) is 88.8 Å². The number of nitrogens with one attached hydrogen (secondary N) is 1. The van der Waals surface area contributed by atoms with Gasteiger partial charge in [0, 0.05) is 50.3 Å². The van der Waals surface area contributed by atoms with Crippen molar-refractivity contribution in [2.45, 2.75) is 32.4 Å². The molecule has 1 amide bonds. The largest absolute Gasteiger partial charge is 0.308 e. The van der Waals surface area contributed by atoms with Gasteiger partial charge in [-0.25, -0.2) is 14.4 Å². The number of anilines is 1. The minimum Gasteiger partial charge on any atom is -0.308 e. The van der Waals surface area contributed by atoms with Gasteiger partial charge in [-0.15, -0.1) is 4.80 Å². The van der Waals surface area contributed by atoms with Gasteiger partial charge in [0.2, 0.25) is 0 Å². The molecule has 3 aromatic heterocycles. The smallest absolute Gasteiger partial charge is 0.263 e. The van der Waals surface area contributed by atoms with E-state index in [1.165, 1.54) is 4.80 Å². The first-order valence-electron chi connectivity index (χ1n) is 9.78. The molecule has 0 aliphatic carbocycles. The first kappa shape index (κ1) is 19.4. The Morgan fingerprint density at radius 1 is 1.14 bits per heavy atom. The van der Waals surface area contributed by atoms with Crippen molar-refractivity contribution in [3.63, 3.8) is 0 Å². The summed E-state index contributed by atoms with van der Waals surface area (Å²) in [6.45, 7) is 6.36. The Morgan fingerprint density at radius 3 is 2.52 bits per heavy atom. The van der Waals surface area contributed by atoms with Crippen LogP contribution in [0.4, 0.5) is 10.2 Å². The highest BCUT2D eigenvalue weighted by Gasteiger charge is 2.41. The van der Waals surface area contributed by atoms with Crippen LogP contribution in [0, 0.1) is 5.92 Å². The summed E-state index contributed by atoms with van der Waals surface area (Å²) >= 11 is 0. The molecule has 0 spiro atoms. The van der Waals surface area contributed by atoms with Crippen LogP contribution in [0.15, 0.2) is 36.9 Å². The molecule has 8 nitrogen and oxygen atoms in total. The Morgan fingerprint density at radius 2 is 1.83 bits per heavy atom. The molecule has 0 radical (unpaired) electrons. The third kappa shape index (κ3) is 4.24. The SMILES string of the molecule is CC(C)CN1CCC(F)(C(=O)Nc2cc3cc(-n4nccn4)ncc3cn2)CC1. The lowest BCUT2D eigenvalue weighted by molar-refractivity contribution is -0.130. The number of aromatic nitrogens is 5. The summed E-state index contributed by atoms with van der Waals surface area (Å²) in [7, 11) is 0. The average Bonchev–Trinajstić information content (AvgIpc) is 3.24. The first-order valence-corrected chi connectivity index (χ1v) is 9.78. The number of carbonyl (C=O) groups is 1. The van der Waals surface area contributed by atoms with Crippen molar-refractivity contribution in [1.29, 1.82) is 0 Å². The van der Waals surface area contributed by atoms with Crippen LogP contribution in [0.5, 0.6) is 0 Å². The van der Waals surface area contributed by atoms with E-state index in [0.29, 0.717) is 30.6 Å². The molecule has 1 fully saturated rings. The number of carbonyl (C=O) groups excluding carboxylic acids is 1. The summed E-state index contributed by atoms with van der Waals surface area (Å²) in [6, 6.07) is 3.50. The van der Waals surface area contributed by atoms with Crippen molar-refractivity contribution in [3.8, 4) is 5.82 Å². The zero-order valence-corrected chi connectivity index (χ0v) is 16.5. The van der Waals surface area contributed by atoms with Crippen LogP contribution in [0.2, 0.25) is 0 Å². The van der Waals surface area contributed by atoms with E-state index in [9.17, 15) is 4.79 Å². The number of hydrogen-bond acceptors (Lipinski definition) is 6. The molecule has 1 aliphatic heterocycles. The summed E-state index contributed by atoms with van der Waals surface area (Å²) in [5.74, 6) is 0.755. The van der Waals surface area contributed by atoms with Crippen molar-refractivity contribution in [2.75, 3.05) is 25.0 Å². The van der Waals surface area contributed by atoms with Gasteiger partial charge in [0.25, 0.3) is 5.91 Å². The molecule has 9 heteroatoms. The Labute approximate surface area is 168 Å². The summed E-state index contributed by atoms with van der Waals surface area (Å²) in [6.07, 6.45) is 6.78. The lowest BCUT2D eigenvalue weighted by atomic mass is 9.92. The van der Waals surface area contributed by atoms with Gasteiger partial charge >= 0.3 is 0 Å². The number of amides is 1. The number of likely N-dealkylation sites (tertiary alicyclic amines) is 1. The average molecular weight is 397 g/mol. The second-order valence-electron chi connectivity index (χ2n) is 7.89. The van der Waals surface area contributed by atoms with E-state index in [1.807, 2.05) is 0 Å². The van der Waals surface area contributed by atoms with Crippen molar-refractivity contribution >= 4 is 22.5 Å². The van der Waals surface area contributed by atoms with Gasteiger partial charge in [-0.05, 0) is 23.4 Å². The number of nitrogens with zero attached hydrogens (tertiary/aromatic N) is 6. The maximum Gasteiger partial charge on any atom is 0.263 e. The van der Waals surface area contributed by atoms with Crippen molar-refractivity contribution in [3.05, 3.63) is 36.9 Å². The highest BCUT2D eigenvalue weighted by Crippen LogP contribution is 2.29. The van der Waals surface area contributed by atoms with Crippen LogP contribution in [-0.2, 0) is 4.79 Å². The molecule has 1 saturated heterocycles. The fraction of sp³-hybridized carbons (Fsp3) is 0.450. The van der Waals surface area contributed by atoms with Gasteiger partial charge in [0.15, 0.2) is 11.5 Å². The molecule has 0 atom stereocenters. The zero-order valence-electron chi connectivity index (χ0n) is 16.5. The van der Waals surface area contributed by atoms with Crippen molar-refractivity contribution in [1.82, 2.24) is 29.9 Å². The molecule has 0 saturated carbocycles. The summed E-state index contributed by atoms with van der Waals surface area (Å²) < 4.78 is 15.2. The van der Waals surface area contributed by atoms with Gasteiger partial charge in [0.1, 0.15) is 5.82 Å². The second kappa shape index (κ2) is 7.82. The number of hydrogen-bond donors (Lipinski definition) is 1. The lowest BCUT2D eigenvalue weighted by Gasteiger charge is -2.36. The van der Waals surface area contributed by atoms with Crippen LogP contribution in [0.25, 0.3) is 16.6 Å². The summed E-state index contributed by atoms with van der Waals surface area (Å²) in [5, 5.41) is 12.4. The van der Waals surface area contributed by atoms with Crippen LogP contribution in [0.1, 0.15) is 26.7 Å². The molecule has 0 bridgehead atoms. The zero-order chi connectivity index (χ0) is 20.4. The maximum absolute atomic E-state index is 15.2. The number of piperidine rings is 1. The van der Waals surface area contributed by atoms with E-state index < -0.39 is 11.6 Å². The molecule has 4 rings (SSSR count). The highest BCUT2D eigenvalue weighted by molar-refractivity contribution is 5.98. The van der Waals surface area contributed by atoms with Gasteiger partial charge in [-0.3, -0.25) is 4.79 Å². The number of rotatable bonds is 5. The maximum atomic E-state index is 15.2. The summed E-state index contributed by atoms with van der Waals surface area (Å²) in [5.41, 5.74) is -1.87. The van der Waals surface area contributed by atoms with E-state index in [2.05, 4.69) is 44.2 Å². The van der Waals surface area contributed by atoms with Crippen LogP contribution in [-0.4, -0.2) is 61.1 Å². The Kier molecular flexibility index (Phi) is 5.23. The monoisotopic (exact) mass is 397 g/mol. The fourth-order valence-electron chi connectivity index (χ4n) is 3.60. The molecule has 1 N–H and O–H groups in total. The molecule has 1 aliphatic rings. The Balaban J connectivity index is 1.48. The van der Waals surface area contributed by atoms with Crippen molar-refractivity contribution < 1.29 is 9.18 Å². The number of alkyl halides is 1. The normalized spacial score (nSPS) is 17.0. The molecular formula is C20H24FN7O. The minimum atomic E-state index is -1.87. The predicted octanol–water partition coefficient (Wildman–Crippen LogP) is 2.61. The van der Waals surface area contributed by atoms with Gasteiger partial charge < -0.3 is 10.2 Å². The van der Waals surface area contributed by atoms with E-state index in [0.717, 1.165) is 17.3 Å². The van der Waals surface area contributed by atoms with Gasteiger partial charge in [-0.1, -0.05) is 13.8 Å². The quantitative estimate of drug-likeness (QED) is 0.712.